The third kappa shape index (κ3) is 4.57. The van der Waals surface area contributed by atoms with Gasteiger partial charge in [0.25, 0.3) is 0 Å². The van der Waals surface area contributed by atoms with Crippen molar-refractivity contribution in [3.63, 3.8) is 0 Å². The van der Waals surface area contributed by atoms with Crippen molar-refractivity contribution in [1.29, 1.82) is 0 Å². The second-order valence-electron chi connectivity index (χ2n) is 6.52. The Morgan fingerprint density at radius 3 is 2.35 bits per heavy atom. The molecule has 3 nitrogen and oxygen atoms in total. The Morgan fingerprint density at radius 1 is 1.15 bits per heavy atom. The molecule has 3 heteroatoms. The predicted octanol–water partition coefficient (Wildman–Crippen LogP) is 2.81. The van der Waals surface area contributed by atoms with Gasteiger partial charge in [0.05, 0.1) is 5.69 Å². The Balaban J connectivity index is 1.52. The van der Waals surface area contributed by atoms with Crippen molar-refractivity contribution >= 4 is 0 Å². The molecule has 3 rings (SSSR count). The monoisotopic (exact) mass is 273 g/mol. The summed E-state index contributed by atoms with van der Waals surface area (Å²) < 4.78 is 0. The Morgan fingerprint density at radius 2 is 1.85 bits per heavy atom. The lowest BCUT2D eigenvalue weighted by Crippen LogP contribution is -2.28. The zero-order valence-corrected chi connectivity index (χ0v) is 12.6. The van der Waals surface area contributed by atoms with E-state index in [-0.39, 0.29) is 0 Å². The highest BCUT2D eigenvalue weighted by Gasteiger charge is 2.29. The topological polar surface area (TPSA) is 28.2 Å². The summed E-state index contributed by atoms with van der Waals surface area (Å²) in [5, 5.41) is 3.34. The van der Waals surface area contributed by atoms with E-state index in [2.05, 4.69) is 34.3 Å². The van der Waals surface area contributed by atoms with Crippen molar-refractivity contribution < 1.29 is 0 Å². The molecule has 1 heterocycles. The van der Waals surface area contributed by atoms with E-state index in [1.54, 1.807) is 0 Å². The fraction of sp³-hybridized carbons (Fsp3) is 0.706. The molecule has 2 aliphatic carbocycles. The van der Waals surface area contributed by atoms with Crippen LogP contribution in [0.3, 0.4) is 0 Å². The second kappa shape index (κ2) is 6.68. The van der Waals surface area contributed by atoms with Crippen LogP contribution < -0.4 is 5.32 Å². The molecule has 2 fully saturated rings. The second-order valence-corrected chi connectivity index (χ2v) is 6.52. The third-order valence-electron chi connectivity index (χ3n) is 4.28. The molecule has 0 radical (unpaired) electrons. The molecule has 0 unspecified atom stereocenters. The summed E-state index contributed by atoms with van der Waals surface area (Å²) in [5.74, 6) is 1.95. The molecule has 0 bridgehead atoms. The lowest BCUT2D eigenvalue weighted by Gasteiger charge is -2.21. The Kier molecular flexibility index (Phi) is 4.69. The van der Waals surface area contributed by atoms with E-state index in [9.17, 15) is 0 Å². The maximum Gasteiger partial charge on any atom is 0.0544 e. The number of nitrogens with one attached hydrogen (secondary N) is 1. The molecule has 0 aliphatic heterocycles. The van der Waals surface area contributed by atoms with Crippen molar-refractivity contribution in [2.24, 2.45) is 11.8 Å². The van der Waals surface area contributed by atoms with Gasteiger partial charge in [0.15, 0.2) is 0 Å². The standard InChI is InChI=1S/C17H27N3/c1-2-18-9-16-7-8-17(19-10-16)13-20(11-14-3-4-14)12-15-5-6-15/h7-8,10,14-15,18H,2-6,9,11-13H2,1H3. The minimum atomic E-state index is 0.928. The zero-order valence-electron chi connectivity index (χ0n) is 12.6. The molecule has 0 aromatic carbocycles. The zero-order chi connectivity index (χ0) is 13.8. The molecule has 0 spiro atoms. The molecular weight excluding hydrogens is 246 g/mol. The molecule has 0 atom stereocenters. The normalized spacial score (nSPS) is 18.7. The van der Waals surface area contributed by atoms with Gasteiger partial charge in [0.2, 0.25) is 0 Å². The first-order valence-corrected chi connectivity index (χ1v) is 8.20. The summed E-state index contributed by atoms with van der Waals surface area (Å²) in [6.45, 7) is 7.69. The van der Waals surface area contributed by atoms with Gasteiger partial charge >= 0.3 is 0 Å². The molecular formula is C17H27N3. The average Bonchev–Trinajstić information content (AvgIpc) is 3.34. The largest absolute Gasteiger partial charge is 0.313 e. The van der Waals surface area contributed by atoms with Crippen LogP contribution in [0.5, 0.6) is 0 Å². The molecule has 1 aromatic rings. The first kappa shape index (κ1) is 14.0. The van der Waals surface area contributed by atoms with Crippen molar-refractivity contribution in [3.8, 4) is 0 Å². The van der Waals surface area contributed by atoms with Gasteiger partial charge in [-0.05, 0) is 55.7 Å². The Bertz CT molecular complexity index is 393. The number of aromatic nitrogens is 1. The fourth-order valence-electron chi connectivity index (χ4n) is 2.69. The number of rotatable bonds is 9. The maximum atomic E-state index is 4.65. The first-order valence-electron chi connectivity index (χ1n) is 8.20. The van der Waals surface area contributed by atoms with Crippen LogP contribution in [0.25, 0.3) is 0 Å². The quantitative estimate of drug-likeness (QED) is 0.750. The van der Waals surface area contributed by atoms with Crippen LogP contribution in [0, 0.1) is 11.8 Å². The van der Waals surface area contributed by atoms with E-state index in [0.717, 1.165) is 31.5 Å². The van der Waals surface area contributed by atoms with Gasteiger partial charge in [-0.1, -0.05) is 13.0 Å². The van der Waals surface area contributed by atoms with E-state index < -0.39 is 0 Å². The van der Waals surface area contributed by atoms with E-state index in [0.29, 0.717) is 0 Å². The van der Waals surface area contributed by atoms with Crippen LogP contribution in [-0.4, -0.2) is 29.5 Å². The number of pyridine rings is 1. The fourth-order valence-corrected chi connectivity index (χ4v) is 2.69. The van der Waals surface area contributed by atoms with Gasteiger partial charge in [0, 0.05) is 32.4 Å². The van der Waals surface area contributed by atoms with E-state index in [1.165, 1.54) is 50.0 Å². The average molecular weight is 273 g/mol. The summed E-state index contributed by atoms with van der Waals surface area (Å²) in [6.07, 6.45) is 7.79. The highest BCUT2D eigenvalue weighted by Crippen LogP contribution is 2.34. The van der Waals surface area contributed by atoms with Crippen LogP contribution in [-0.2, 0) is 13.1 Å². The molecule has 20 heavy (non-hydrogen) atoms. The lowest BCUT2D eigenvalue weighted by molar-refractivity contribution is 0.241. The minimum absolute atomic E-state index is 0.928. The summed E-state index contributed by atoms with van der Waals surface area (Å²) in [4.78, 5) is 7.29. The van der Waals surface area contributed by atoms with Gasteiger partial charge < -0.3 is 5.32 Å². The molecule has 0 saturated heterocycles. The van der Waals surface area contributed by atoms with Crippen LogP contribution in [0.15, 0.2) is 18.3 Å². The highest BCUT2D eigenvalue weighted by molar-refractivity contribution is 5.14. The van der Waals surface area contributed by atoms with Gasteiger partial charge in [0.1, 0.15) is 0 Å². The SMILES string of the molecule is CCNCc1ccc(CN(CC2CC2)CC2CC2)nc1. The highest BCUT2D eigenvalue weighted by atomic mass is 15.1. The van der Waals surface area contributed by atoms with E-state index in [4.69, 9.17) is 0 Å². The maximum absolute atomic E-state index is 4.65. The summed E-state index contributed by atoms with van der Waals surface area (Å²) >= 11 is 0. The van der Waals surface area contributed by atoms with Crippen molar-refractivity contribution in [1.82, 2.24) is 15.2 Å². The Labute approximate surface area is 122 Å². The van der Waals surface area contributed by atoms with Crippen molar-refractivity contribution in [2.75, 3.05) is 19.6 Å². The lowest BCUT2D eigenvalue weighted by atomic mass is 10.2. The number of nitrogens with zero attached hydrogens (tertiary/aromatic N) is 2. The smallest absolute Gasteiger partial charge is 0.0544 e. The summed E-state index contributed by atoms with van der Waals surface area (Å²) in [5.41, 5.74) is 2.51. The van der Waals surface area contributed by atoms with Gasteiger partial charge in [-0.25, -0.2) is 0 Å². The van der Waals surface area contributed by atoms with E-state index in [1.807, 2.05) is 6.20 Å². The molecule has 1 aromatic heterocycles. The van der Waals surface area contributed by atoms with Gasteiger partial charge in [-0.2, -0.15) is 0 Å². The molecule has 110 valence electrons. The third-order valence-corrected chi connectivity index (χ3v) is 4.28. The van der Waals surface area contributed by atoms with Crippen LogP contribution in [0.2, 0.25) is 0 Å². The molecule has 2 saturated carbocycles. The summed E-state index contributed by atoms with van der Waals surface area (Å²) in [7, 11) is 0. The first-order chi connectivity index (χ1) is 9.83. The van der Waals surface area contributed by atoms with Crippen LogP contribution in [0.4, 0.5) is 0 Å². The van der Waals surface area contributed by atoms with Crippen LogP contribution in [0.1, 0.15) is 43.9 Å². The predicted molar refractivity (Wildman–Crippen MR) is 82.3 cm³/mol. The van der Waals surface area contributed by atoms with Crippen molar-refractivity contribution in [3.05, 3.63) is 29.6 Å². The molecule has 2 aliphatic rings. The van der Waals surface area contributed by atoms with Gasteiger partial charge in [-0.3, -0.25) is 9.88 Å². The number of hydrogen-bond donors (Lipinski definition) is 1. The van der Waals surface area contributed by atoms with Gasteiger partial charge in [-0.15, -0.1) is 0 Å². The number of hydrogen-bond acceptors (Lipinski definition) is 3. The van der Waals surface area contributed by atoms with Crippen LogP contribution >= 0.6 is 0 Å². The minimum Gasteiger partial charge on any atom is -0.313 e. The summed E-state index contributed by atoms with van der Waals surface area (Å²) in [6, 6.07) is 4.43. The van der Waals surface area contributed by atoms with E-state index >= 15 is 0 Å². The molecule has 0 amide bonds. The van der Waals surface area contributed by atoms with Crippen molar-refractivity contribution in [2.45, 2.75) is 45.7 Å². The molecule has 1 N–H and O–H groups in total. The Hall–Kier alpha value is -0.930.